The van der Waals surface area contributed by atoms with Crippen molar-refractivity contribution in [3.8, 4) is 0 Å². The van der Waals surface area contributed by atoms with Gasteiger partial charge in [0.1, 0.15) is 0 Å². The maximum Gasteiger partial charge on any atom is 0.431 e. The molecule has 1 saturated heterocycles. The molecule has 1 aliphatic heterocycles. The van der Waals surface area contributed by atoms with Crippen LogP contribution in [0.5, 0.6) is 0 Å². The normalized spacial score (nSPS) is 20.2. The number of rotatable bonds is 6. The quantitative estimate of drug-likeness (QED) is 0.723. The zero-order chi connectivity index (χ0) is 18.8. The molecule has 0 aromatic heterocycles. The van der Waals surface area contributed by atoms with E-state index >= 15 is 0 Å². The highest BCUT2D eigenvalue weighted by Crippen LogP contribution is 2.51. The van der Waals surface area contributed by atoms with Gasteiger partial charge in [-0.15, -0.1) is 0 Å². The molecule has 1 N–H and O–H groups in total. The maximum atomic E-state index is 13.5. The topological polar surface area (TPSA) is 32.7 Å². The highest BCUT2D eigenvalue weighted by atomic mass is 19.4. The van der Waals surface area contributed by atoms with Gasteiger partial charge in [0.05, 0.1) is 25.7 Å². The van der Waals surface area contributed by atoms with Crippen LogP contribution in [0.4, 0.5) is 39.5 Å². The summed E-state index contributed by atoms with van der Waals surface area (Å²) in [6.45, 7) is 0.634. The number of nitrogens with zero attached hydrogens (tertiary/aromatic N) is 1. The number of aliphatic hydroxyl groups is 1. The van der Waals surface area contributed by atoms with Gasteiger partial charge in [-0.05, 0) is 0 Å². The second kappa shape index (κ2) is 7.24. The van der Waals surface area contributed by atoms with Crippen LogP contribution in [-0.2, 0) is 4.74 Å². The summed E-state index contributed by atoms with van der Waals surface area (Å²) in [6, 6.07) is 0. The lowest BCUT2D eigenvalue weighted by Crippen LogP contribution is -2.56. The van der Waals surface area contributed by atoms with Crippen LogP contribution < -0.4 is 0 Å². The summed E-state index contributed by atoms with van der Waals surface area (Å²) in [5.74, 6) is -4.70. The van der Waals surface area contributed by atoms with Gasteiger partial charge in [0.2, 0.25) is 0 Å². The summed E-state index contributed by atoms with van der Waals surface area (Å²) >= 11 is 0. The molecule has 0 aromatic carbocycles. The molecule has 3 nitrogen and oxygen atoms in total. The number of ether oxygens (including phenoxy) is 1. The molecular formula is C12H16F9NO2. The maximum absolute atomic E-state index is 13.5. The molecule has 24 heavy (non-hydrogen) atoms. The molecule has 1 atom stereocenters. The Labute approximate surface area is 131 Å². The number of halogens is 9. The smallest absolute Gasteiger partial charge is 0.392 e. The van der Waals surface area contributed by atoms with Gasteiger partial charge in [-0.3, -0.25) is 4.90 Å². The molecular weight excluding hydrogens is 361 g/mol. The van der Waals surface area contributed by atoms with Crippen LogP contribution in [0.15, 0.2) is 0 Å². The van der Waals surface area contributed by atoms with Crippen molar-refractivity contribution in [1.82, 2.24) is 4.90 Å². The molecule has 1 fully saturated rings. The van der Waals surface area contributed by atoms with Crippen LogP contribution in [-0.4, -0.2) is 72.9 Å². The highest BCUT2D eigenvalue weighted by molar-refractivity contribution is 4.98. The lowest BCUT2D eigenvalue weighted by molar-refractivity contribution is -0.355. The van der Waals surface area contributed by atoms with Gasteiger partial charge in [-0.1, -0.05) is 0 Å². The molecule has 0 amide bonds. The van der Waals surface area contributed by atoms with Crippen LogP contribution in [0.2, 0.25) is 0 Å². The third-order valence-electron chi connectivity index (χ3n) is 3.51. The Kier molecular flexibility index (Phi) is 6.42. The fourth-order valence-electron chi connectivity index (χ4n) is 2.28. The molecule has 12 heteroatoms. The Morgan fingerprint density at radius 3 is 1.75 bits per heavy atom. The zero-order valence-electron chi connectivity index (χ0n) is 12.2. The molecule has 0 aromatic rings. The molecule has 1 unspecified atom stereocenters. The van der Waals surface area contributed by atoms with Crippen molar-refractivity contribution in [2.75, 3.05) is 32.8 Å². The third-order valence-corrected chi connectivity index (χ3v) is 3.51. The first kappa shape index (κ1) is 21.3. The summed E-state index contributed by atoms with van der Waals surface area (Å²) in [6.07, 6.45) is -19.9. The fraction of sp³-hybridized carbons (Fsp3) is 1.00. The molecule has 1 aliphatic rings. The molecule has 1 heterocycles. The van der Waals surface area contributed by atoms with E-state index in [4.69, 9.17) is 4.74 Å². The van der Waals surface area contributed by atoms with E-state index in [1.54, 1.807) is 0 Å². The van der Waals surface area contributed by atoms with Crippen LogP contribution >= 0.6 is 0 Å². The van der Waals surface area contributed by atoms with E-state index in [2.05, 4.69) is 0 Å². The van der Waals surface area contributed by atoms with E-state index in [0.29, 0.717) is 0 Å². The van der Waals surface area contributed by atoms with Crippen molar-refractivity contribution >= 4 is 0 Å². The summed E-state index contributed by atoms with van der Waals surface area (Å²) in [5, 5.41) is 9.49. The lowest BCUT2D eigenvalue weighted by atomic mass is 9.93. The lowest BCUT2D eigenvalue weighted by Gasteiger charge is -2.34. The van der Waals surface area contributed by atoms with Gasteiger partial charge in [-0.25, -0.2) is 13.2 Å². The van der Waals surface area contributed by atoms with Crippen LogP contribution in [0.3, 0.4) is 0 Å². The standard InChI is InChI=1S/C12H16F9NO2/c13-9(14,5-8(23)6-22-1-3-24-4-2-22)7-10(15,11(16,17)18)12(19,20)21/h8,23H,1-7H2. The van der Waals surface area contributed by atoms with Crippen molar-refractivity contribution < 1.29 is 49.4 Å². The number of alkyl halides is 9. The number of hydrogen-bond acceptors (Lipinski definition) is 3. The second-order valence-electron chi connectivity index (χ2n) is 5.60. The van der Waals surface area contributed by atoms with Gasteiger partial charge >= 0.3 is 18.0 Å². The molecule has 0 aliphatic carbocycles. The monoisotopic (exact) mass is 377 g/mol. The summed E-state index contributed by atoms with van der Waals surface area (Å²) < 4.78 is 119. The first-order valence-corrected chi connectivity index (χ1v) is 6.86. The van der Waals surface area contributed by atoms with Gasteiger partial charge in [0, 0.05) is 26.1 Å². The molecule has 0 spiro atoms. The number of morpholine rings is 1. The van der Waals surface area contributed by atoms with Crippen molar-refractivity contribution in [1.29, 1.82) is 0 Å². The van der Waals surface area contributed by atoms with Crippen molar-refractivity contribution in [2.45, 2.75) is 42.9 Å². The SMILES string of the molecule is OC(CN1CCOCC1)CC(F)(F)CC(F)(C(F)(F)F)C(F)(F)F. The minimum Gasteiger partial charge on any atom is -0.392 e. The van der Waals surface area contributed by atoms with Crippen LogP contribution in [0, 0.1) is 0 Å². The summed E-state index contributed by atoms with van der Waals surface area (Å²) in [5.41, 5.74) is -6.05. The predicted molar refractivity (Wildman–Crippen MR) is 63.4 cm³/mol. The summed E-state index contributed by atoms with van der Waals surface area (Å²) in [7, 11) is 0. The zero-order valence-corrected chi connectivity index (χ0v) is 12.2. The Bertz CT molecular complexity index is 390. The van der Waals surface area contributed by atoms with E-state index in [1.807, 2.05) is 0 Å². The van der Waals surface area contributed by atoms with Crippen molar-refractivity contribution in [3.05, 3.63) is 0 Å². The van der Waals surface area contributed by atoms with Crippen molar-refractivity contribution in [3.63, 3.8) is 0 Å². The van der Waals surface area contributed by atoms with Crippen LogP contribution in [0.1, 0.15) is 12.8 Å². The molecule has 0 saturated carbocycles. The Hall–Kier alpha value is -0.750. The first-order valence-electron chi connectivity index (χ1n) is 6.86. The average molecular weight is 377 g/mol. The molecule has 0 bridgehead atoms. The Balaban J connectivity index is 2.75. The van der Waals surface area contributed by atoms with E-state index in [9.17, 15) is 44.6 Å². The predicted octanol–water partition coefficient (Wildman–Crippen LogP) is 2.93. The largest absolute Gasteiger partial charge is 0.431 e. The second-order valence-corrected chi connectivity index (χ2v) is 5.60. The van der Waals surface area contributed by atoms with E-state index in [0.717, 1.165) is 0 Å². The highest BCUT2D eigenvalue weighted by Gasteiger charge is 2.74. The molecule has 0 radical (unpaired) electrons. The Morgan fingerprint density at radius 2 is 1.33 bits per heavy atom. The molecule has 144 valence electrons. The van der Waals surface area contributed by atoms with Crippen LogP contribution in [0.25, 0.3) is 0 Å². The average Bonchev–Trinajstić information content (AvgIpc) is 2.35. The third kappa shape index (κ3) is 5.38. The number of aliphatic hydroxyl groups excluding tert-OH is 1. The van der Waals surface area contributed by atoms with E-state index in [-0.39, 0.29) is 26.3 Å². The molecule has 1 rings (SSSR count). The number of hydrogen-bond donors (Lipinski definition) is 1. The minimum atomic E-state index is -6.55. The minimum absolute atomic E-state index is 0.249. The fourth-order valence-corrected chi connectivity index (χ4v) is 2.28. The van der Waals surface area contributed by atoms with E-state index < -0.39 is 49.4 Å². The van der Waals surface area contributed by atoms with Gasteiger partial charge in [0.25, 0.3) is 5.92 Å². The Morgan fingerprint density at radius 1 is 0.875 bits per heavy atom. The first-order chi connectivity index (χ1) is 10.7. The van der Waals surface area contributed by atoms with Gasteiger partial charge in [0.15, 0.2) is 0 Å². The number of β-amino-alcohol motifs (C(OH)–C–C–N with tert-alkyl or cyclic N) is 1. The van der Waals surface area contributed by atoms with Crippen molar-refractivity contribution in [2.24, 2.45) is 0 Å². The summed E-state index contributed by atoms with van der Waals surface area (Å²) in [4.78, 5) is 1.46. The van der Waals surface area contributed by atoms with Gasteiger partial charge < -0.3 is 9.84 Å². The van der Waals surface area contributed by atoms with E-state index in [1.165, 1.54) is 4.90 Å². The van der Waals surface area contributed by atoms with Gasteiger partial charge in [-0.2, -0.15) is 26.3 Å².